The Bertz CT molecular complexity index is 960. The summed E-state index contributed by atoms with van der Waals surface area (Å²) in [6, 6.07) is 9.84. The molecule has 1 aromatic carbocycles. The normalized spacial score (nSPS) is 10.7. The lowest BCUT2D eigenvalue weighted by Gasteiger charge is -2.20. The van der Waals surface area contributed by atoms with E-state index in [1.165, 1.54) is 0 Å². The van der Waals surface area contributed by atoms with Gasteiger partial charge >= 0.3 is 0 Å². The van der Waals surface area contributed by atoms with E-state index in [0.717, 1.165) is 21.8 Å². The van der Waals surface area contributed by atoms with Crippen LogP contribution in [0.15, 0.2) is 35.7 Å². The lowest BCUT2D eigenvalue weighted by molar-refractivity contribution is -0.131. The highest BCUT2D eigenvalue weighted by atomic mass is 32.1. The van der Waals surface area contributed by atoms with E-state index in [2.05, 4.69) is 10.2 Å². The van der Waals surface area contributed by atoms with Gasteiger partial charge in [0, 0.05) is 19.2 Å². The Kier molecular flexibility index (Phi) is 5.53. The number of likely N-dealkylation sites (N-methyl/N-ethyl adjacent to an activating group) is 1. The van der Waals surface area contributed by atoms with Crippen molar-refractivity contribution in [1.29, 1.82) is 0 Å². The molecule has 8 heteroatoms. The largest absolute Gasteiger partial charge is 0.496 e. The van der Waals surface area contributed by atoms with Crippen LogP contribution in [-0.2, 0) is 17.9 Å². The summed E-state index contributed by atoms with van der Waals surface area (Å²) in [5.41, 5.74) is 2.09. The van der Waals surface area contributed by atoms with Crippen molar-refractivity contribution in [1.82, 2.24) is 19.7 Å². The van der Waals surface area contributed by atoms with E-state index in [-0.39, 0.29) is 12.5 Å². The van der Waals surface area contributed by atoms with Crippen molar-refractivity contribution in [2.24, 2.45) is 0 Å². The average molecular weight is 389 g/mol. The zero-order valence-electron chi connectivity index (χ0n) is 14.9. The first kappa shape index (κ1) is 18.3. The molecule has 0 bridgehead atoms. The van der Waals surface area contributed by atoms with Gasteiger partial charge in [0.1, 0.15) is 12.3 Å². The molecule has 0 aliphatic heterocycles. The second-order valence-electron chi connectivity index (χ2n) is 5.98. The van der Waals surface area contributed by atoms with Gasteiger partial charge in [-0.2, -0.15) is 5.10 Å². The van der Waals surface area contributed by atoms with Crippen LogP contribution in [0.1, 0.15) is 11.1 Å². The van der Waals surface area contributed by atoms with Gasteiger partial charge in [0.15, 0.2) is 10.6 Å². The average Bonchev–Trinajstić information content (AvgIpc) is 3.25. The number of rotatable bonds is 6. The van der Waals surface area contributed by atoms with Gasteiger partial charge in [0.25, 0.3) is 0 Å². The summed E-state index contributed by atoms with van der Waals surface area (Å²) in [6.07, 6.45) is 0. The Morgan fingerprint density at radius 3 is 2.92 bits per heavy atom. The molecule has 2 heterocycles. The summed E-state index contributed by atoms with van der Waals surface area (Å²) in [6.45, 7) is 2.61. The predicted octanol–water partition coefficient (Wildman–Crippen LogP) is 3.64. The first-order valence-electron chi connectivity index (χ1n) is 8.06. The van der Waals surface area contributed by atoms with Gasteiger partial charge < -0.3 is 9.64 Å². The standard InChI is InChI=1S/C18H20N4O2S2/c1-12-6-7-14(24-3)13(9-12)10-21(2)16(23)11-22-17(19-20-18(22)25)15-5-4-8-26-15/h4-9H,10-11H2,1-3H3,(H,20,25). The number of hydrogen-bond donors (Lipinski definition) is 1. The van der Waals surface area contributed by atoms with Crippen LogP contribution in [0.3, 0.4) is 0 Å². The van der Waals surface area contributed by atoms with Crippen LogP contribution < -0.4 is 4.74 Å². The molecule has 2 aromatic heterocycles. The Labute approximate surface area is 161 Å². The number of thiophene rings is 1. The number of hydrogen-bond acceptors (Lipinski definition) is 5. The van der Waals surface area contributed by atoms with Crippen molar-refractivity contribution in [3.63, 3.8) is 0 Å². The summed E-state index contributed by atoms with van der Waals surface area (Å²) in [7, 11) is 3.41. The van der Waals surface area contributed by atoms with Crippen LogP contribution in [0.4, 0.5) is 0 Å². The van der Waals surface area contributed by atoms with Gasteiger partial charge in [0.2, 0.25) is 5.91 Å². The van der Waals surface area contributed by atoms with Crippen molar-refractivity contribution in [2.45, 2.75) is 20.0 Å². The van der Waals surface area contributed by atoms with E-state index < -0.39 is 0 Å². The third kappa shape index (κ3) is 3.86. The highest BCUT2D eigenvalue weighted by molar-refractivity contribution is 7.71. The minimum absolute atomic E-state index is 0.0520. The number of aromatic amines is 1. The maximum Gasteiger partial charge on any atom is 0.242 e. The maximum absolute atomic E-state index is 12.8. The highest BCUT2D eigenvalue weighted by Gasteiger charge is 2.17. The second-order valence-corrected chi connectivity index (χ2v) is 7.32. The maximum atomic E-state index is 12.8. The second kappa shape index (κ2) is 7.84. The van der Waals surface area contributed by atoms with E-state index >= 15 is 0 Å². The van der Waals surface area contributed by atoms with Crippen molar-refractivity contribution < 1.29 is 9.53 Å². The Balaban J connectivity index is 1.78. The number of amides is 1. The molecule has 0 aliphatic rings. The van der Waals surface area contributed by atoms with E-state index in [0.29, 0.717) is 17.1 Å². The van der Waals surface area contributed by atoms with E-state index in [1.807, 2.05) is 42.6 Å². The molecular formula is C18H20N4O2S2. The molecule has 3 aromatic rings. The molecule has 0 fully saturated rings. The number of H-pyrrole nitrogens is 1. The Morgan fingerprint density at radius 1 is 1.42 bits per heavy atom. The minimum Gasteiger partial charge on any atom is -0.496 e. The van der Waals surface area contributed by atoms with Crippen molar-refractivity contribution in [2.75, 3.05) is 14.2 Å². The summed E-state index contributed by atoms with van der Waals surface area (Å²) >= 11 is 6.85. The number of nitrogens with one attached hydrogen (secondary N) is 1. The third-order valence-electron chi connectivity index (χ3n) is 4.06. The molecule has 0 saturated heterocycles. The van der Waals surface area contributed by atoms with Crippen LogP contribution in [0, 0.1) is 11.7 Å². The van der Waals surface area contributed by atoms with Crippen LogP contribution >= 0.6 is 23.6 Å². The number of aryl methyl sites for hydroxylation is 1. The molecule has 0 aliphatic carbocycles. The fourth-order valence-corrected chi connectivity index (χ4v) is 3.61. The molecule has 0 saturated carbocycles. The van der Waals surface area contributed by atoms with E-state index in [1.54, 1.807) is 35.0 Å². The third-order valence-corrected chi connectivity index (χ3v) is 5.24. The minimum atomic E-state index is -0.0520. The molecule has 0 atom stereocenters. The number of benzene rings is 1. The summed E-state index contributed by atoms with van der Waals surface area (Å²) < 4.78 is 7.56. The van der Waals surface area contributed by atoms with Gasteiger partial charge in [-0.1, -0.05) is 23.8 Å². The molecule has 1 N–H and O–H groups in total. The monoisotopic (exact) mass is 388 g/mol. The molecule has 0 spiro atoms. The number of carbonyl (C=O) groups is 1. The number of ether oxygens (including phenoxy) is 1. The number of aromatic nitrogens is 3. The first-order valence-corrected chi connectivity index (χ1v) is 9.35. The SMILES string of the molecule is COc1ccc(C)cc1CN(C)C(=O)Cn1c(-c2cccs2)n[nH]c1=S. The molecule has 136 valence electrons. The summed E-state index contributed by atoms with van der Waals surface area (Å²) in [5.74, 6) is 1.40. The van der Waals surface area contributed by atoms with Crippen LogP contribution in [0.5, 0.6) is 5.75 Å². The summed E-state index contributed by atoms with van der Waals surface area (Å²) in [5, 5.41) is 9.00. The topological polar surface area (TPSA) is 63.1 Å². The highest BCUT2D eigenvalue weighted by Crippen LogP contribution is 2.24. The zero-order valence-corrected chi connectivity index (χ0v) is 16.5. The number of carbonyl (C=O) groups excluding carboxylic acids is 1. The van der Waals surface area contributed by atoms with Gasteiger partial charge in [-0.3, -0.25) is 14.5 Å². The van der Waals surface area contributed by atoms with Gasteiger partial charge in [-0.15, -0.1) is 11.3 Å². The van der Waals surface area contributed by atoms with Gasteiger partial charge in [-0.05, 0) is 36.7 Å². The molecule has 0 radical (unpaired) electrons. The Morgan fingerprint density at radius 2 is 2.23 bits per heavy atom. The van der Waals surface area contributed by atoms with Gasteiger partial charge in [0.05, 0.1) is 12.0 Å². The fourth-order valence-electron chi connectivity index (χ4n) is 2.69. The molecular weight excluding hydrogens is 368 g/mol. The summed E-state index contributed by atoms with van der Waals surface area (Å²) in [4.78, 5) is 15.4. The number of nitrogens with zero attached hydrogens (tertiary/aromatic N) is 3. The zero-order chi connectivity index (χ0) is 18.7. The van der Waals surface area contributed by atoms with E-state index in [9.17, 15) is 4.79 Å². The molecule has 26 heavy (non-hydrogen) atoms. The molecule has 6 nitrogen and oxygen atoms in total. The lowest BCUT2D eigenvalue weighted by atomic mass is 10.1. The van der Waals surface area contributed by atoms with Crippen molar-refractivity contribution in [3.8, 4) is 16.5 Å². The smallest absolute Gasteiger partial charge is 0.242 e. The number of methoxy groups -OCH3 is 1. The van der Waals surface area contributed by atoms with Crippen molar-refractivity contribution in [3.05, 3.63) is 51.6 Å². The van der Waals surface area contributed by atoms with Crippen LogP contribution in [-0.4, -0.2) is 39.7 Å². The predicted molar refractivity (Wildman–Crippen MR) is 105 cm³/mol. The lowest BCUT2D eigenvalue weighted by Crippen LogP contribution is -2.30. The molecule has 3 rings (SSSR count). The fraction of sp³-hybridized carbons (Fsp3) is 0.278. The molecule has 1 amide bonds. The van der Waals surface area contributed by atoms with Gasteiger partial charge in [-0.25, -0.2) is 0 Å². The van der Waals surface area contributed by atoms with Crippen LogP contribution in [0.2, 0.25) is 0 Å². The molecule has 0 unspecified atom stereocenters. The Hall–Kier alpha value is -2.45. The quantitative estimate of drug-likeness (QED) is 0.655. The van der Waals surface area contributed by atoms with Crippen LogP contribution in [0.25, 0.3) is 10.7 Å². The van der Waals surface area contributed by atoms with Crippen molar-refractivity contribution >= 4 is 29.5 Å². The first-order chi connectivity index (χ1) is 12.5. The van der Waals surface area contributed by atoms with E-state index in [4.69, 9.17) is 17.0 Å².